The maximum Gasteiger partial charge on any atom is 0.245 e. The van der Waals surface area contributed by atoms with Crippen LogP contribution in [0.4, 0.5) is 0 Å². The van der Waals surface area contributed by atoms with Crippen LogP contribution in [-0.2, 0) is 19.2 Å². The number of likely N-dealkylation sites (tertiary alicyclic amines) is 1. The van der Waals surface area contributed by atoms with Crippen LogP contribution in [0.25, 0.3) is 0 Å². The highest BCUT2D eigenvalue weighted by atomic mass is 16.3. The fraction of sp³-hybridized carbons (Fsp3) is 0.730. The second-order valence-corrected chi connectivity index (χ2v) is 14.2. The van der Waals surface area contributed by atoms with Gasteiger partial charge in [-0.05, 0) is 54.9 Å². The summed E-state index contributed by atoms with van der Waals surface area (Å²) in [4.78, 5) is 56.4. The molecule has 2 rings (SSSR count). The summed E-state index contributed by atoms with van der Waals surface area (Å²) in [5, 5.41) is 16.4. The van der Waals surface area contributed by atoms with Crippen molar-refractivity contribution in [1.82, 2.24) is 20.4 Å². The maximum absolute atomic E-state index is 14.2. The van der Waals surface area contributed by atoms with Crippen LogP contribution in [-0.4, -0.2) is 82.9 Å². The number of likely N-dealkylation sites (N-methyl/N-ethyl adjacent to an activating group) is 1. The second-order valence-electron chi connectivity index (χ2n) is 14.2. The van der Waals surface area contributed by atoms with Crippen LogP contribution in [0.15, 0.2) is 37.0 Å². The van der Waals surface area contributed by atoms with E-state index in [-0.39, 0.29) is 59.4 Å². The van der Waals surface area contributed by atoms with Gasteiger partial charge < -0.3 is 25.5 Å². The smallest absolute Gasteiger partial charge is 0.245 e. The number of carbonyl (C=O) groups is 4. The number of carbonyl (C=O) groups excluding carboxylic acids is 4. The minimum atomic E-state index is -0.913. The van der Waals surface area contributed by atoms with Gasteiger partial charge in [0.15, 0.2) is 0 Å². The van der Waals surface area contributed by atoms with Crippen LogP contribution in [0, 0.1) is 35.5 Å². The summed E-state index contributed by atoms with van der Waals surface area (Å²) in [6.07, 6.45) is 10.7. The molecule has 0 aromatic carbocycles. The highest BCUT2D eigenvalue weighted by Crippen LogP contribution is 2.42. The van der Waals surface area contributed by atoms with E-state index in [0.29, 0.717) is 30.9 Å². The van der Waals surface area contributed by atoms with Gasteiger partial charge >= 0.3 is 0 Å². The van der Waals surface area contributed by atoms with Gasteiger partial charge in [0.25, 0.3) is 0 Å². The van der Waals surface area contributed by atoms with Crippen molar-refractivity contribution in [3.05, 3.63) is 37.0 Å². The molecule has 3 N–H and O–H groups in total. The van der Waals surface area contributed by atoms with Gasteiger partial charge in [0.05, 0.1) is 12.1 Å². The van der Waals surface area contributed by atoms with Crippen molar-refractivity contribution >= 4 is 24.1 Å². The SMILES string of the molecule is C=C/C=C(\C=C)[C@H](O)C(C)NC(=O)[C@H](C)C(C)[C@@H]1CCCN1C(=O)CC(C1CCC1)[C@H]([C@@H](C)CC)N(C)C(=O)[C@@H](NC=O)C(C)C. The lowest BCUT2D eigenvalue weighted by molar-refractivity contribution is -0.143. The summed E-state index contributed by atoms with van der Waals surface area (Å²) in [7, 11) is 1.83. The summed E-state index contributed by atoms with van der Waals surface area (Å²) in [6.45, 7) is 21.9. The molecule has 1 saturated carbocycles. The number of aliphatic hydroxyl groups is 1. The largest absolute Gasteiger partial charge is 0.386 e. The third-order valence-electron chi connectivity index (χ3n) is 11.0. The standard InChI is InChI=1S/C37H62N4O5/c1-11-16-28(13-3)35(44)27(9)39-36(45)26(8)25(7)31-19-15-20-41(31)32(43)21-30(29-17-14-18-29)34(24(6)12-2)40(10)37(46)33(23(4)5)38-22-42/h11,13,16,22-27,29-31,33-35,44H,1,3,12,14-15,17-21H2,2,4-10H3,(H,38,42)(H,39,45)/b28-16+/t24-,25?,26+,27?,30?,31-,33-,34-,35+/m0/s1. The summed E-state index contributed by atoms with van der Waals surface area (Å²) in [6, 6.07) is -1.34. The number of nitrogens with one attached hydrogen (secondary N) is 2. The Hall–Kier alpha value is -2.94. The molecule has 4 amide bonds. The van der Waals surface area contributed by atoms with E-state index < -0.39 is 18.2 Å². The van der Waals surface area contributed by atoms with Gasteiger partial charge in [-0.1, -0.05) is 98.6 Å². The Bertz CT molecular complexity index is 1090. The zero-order chi connectivity index (χ0) is 34.7. The lowest BCUT2D eigenvalue weighted by atomic mass is 9.68. The molecule has 0 bridgehead atoms. The number of rotatable bonds is 19. The molecule has 0 spiro atoms. The minimum absolute atomic E-state index is 0.0106. The molecule has 9 heteroatoms. The summed E-state index contributed by atoms with van der Waals surface area (Å²) < 4.78 is 0. The monoisotopic (exact) mass is 642 g/mol. The molecule has 3 unspecified atom stereocenters. The van der Waals surface area contributed by atoms with Crippen molar-refractivity contribution in [3.63, 3.8) is 0 Å². The molecule has 0 radical (unpaired) electrons. The quantitative estimate of drug-likeness (QED) is 0.137. The van der Waals surface area contributed by atoms with Crippen LogP contribution in [0.2, 0.25) is 0 Å². The van der Waals surface area contributed by atoms with Gasteiger partial charge in [-0.3, -0.25) is 19.2 Å². The molecule has 0 aromatic heterocycles. The van der Waals surface area contributed by atoms with E-state index in [2.05, 4.69) is 37.6 Å². The first-order valence-corrected chi connectivity index (χ1v) is 17.4. The predicted molar refractivity (Wildman–Crippen MR) is 184 cm³/mol. The summed E-state index contributed by atoms with van der Waals surface area (Å²) >= 11 is 0. The van der Waals surface area contributed by atoms with E-state index in [0.717, 1.165) is 38.5 Å². The van der Waals surface area contributed by atoms with E-state index in [1.165, 1.54) is 0 Å². The fourth-order valence-corrected chi connectivity index (χ4v) is 7.44. The van der Waals surface area contributed by atoms with Crippen molar-refractivity contribution in [3.8, 4) is 0 Å². The fourth-order valence-electron chi connectivity index (χ4n) is 7.44. The topological polar surface area (TPSA) is 119 Å². The highest BCUT2D eigenvalue weighted by Gasteiger charge is 2.44. The van der Waals surface area contributed by atoms with Gasteiger partial charge in [0, 0.05) is 38.0 Å². The van der Waals surface area contributed by atoms with Gasteiger partial charge in [-0.2, -0.15) is 0 Å². The average Bonchev–Trinajstić information content (AvgIpc) is 3.50. The first-order chi connectivity index (χ1) is 21.7. The van der Waals surface area contributed by atoms with Crippen molar-refractivity contribution in [2.75, 3.05) is 13.6 Å². The predicted octanol–water partition coefficient (Wildman–Crippen LogP) is 4.86. The van der Waals surface area contributed by atoms with Crippen molar-refractivity contribution in [1.29, 1.82) is 0 Å². The van der Waals surface area contributed by atoms with Crippen LogP contribution >= 0.6 is 0 Å². The van der Waals surface area contributed by atoms with E-state index in [9.17, 15) is 24.3 Å². The van der Waals surface area contributed by atoms with Crippen molar-refractivity contribution in [2.24, 2.45) is 35.5 Å². The summed E-state index contributed by atoms with van der Waals surface area (Å²) in [5.74, 6) is -0.159. The van der Waals surface area contributed by atoms with E-state index in [1.807, 2.05) is 44.5 Å². The molecular formula is C37H62N4O5. The van der Waals surface area contributed by atoms with Crippen molar-refractivity contribution in [2.45, 2.75) is 124 Å². The number of allylic oxidation sites excluding steroid dienone is 2. The van der Waals surface area contributed by atoms with Gasteiger partial charge in [0.2, 0.25) is 24.1 Å². The Balaban J connectivity index is 2.25. The molecule has 1 heterocycles. The Morgan fingerprint density at radius 3 is 2.20 bits per heavy atom. The van der Waals surface area contributed by atoms with E-state index in [1.54, 1.807) is 25.2 Å². The van der Waals surface area contributed by atoms with Crippen LogP contribution in [0.1, 0.15) is 93.4 Å². The molecule has 1 aliphatic heterocycles. The molecule has 1 aliphatic carbocycles. The Labute approximate surface area is 278 Å². The van der Waals surface area contributed by atoms with E-state index >= 15 is 0 Å². The molecule has 2 fully saturated rings. The lowest BCUT2D eigenvalue weighted by Crippen LogP contribution is -2.56. The second kappa shape index (κ2) is 18.4. The Kier molecular flexibility index (Phi) is 15.7. The first-order valence-electron chi connectivity index (χ1n) is 17.4. The first kappa shape index (κ1) is 39.2. The Morgan fingerprint density at radius 1 is 1.04 bits per heavy atom. The number of hydrogen-bond acceptors (Lipinski definition) is 5. The van der Waals surface area contributed by atoms with Gasteiger partial charge in [0.1, 0.15) is 6.04 Å². The average molecular weight is 643 g/mol. The van der Waals surface area contributed by atoms with Crippen LogP contribution < -0.4 is 10.6 Å². The maximum atomic E-state index is 14.2. The normalized spacial score (nSPS) is 22.3. The van der Waals surface area contributed by atoms with Crippen molar-refractivity contribution < 1.29 is 24.3 Å². The highest BCUT2D eigenvalue weighted by molar-refractivity contribution is 5.84. The number of nitrogens with zero attached hydrogens (tertiary/aromatic N) is 2. The zero-order valence-corrected chi connectivity index (χ0v) is 29.7. The molecule has 46 heavy (non-hydrogen) atoms. The van der Waals surface area contributed by atoms with E-state index in [4.69, 9.17) is 0 Å². The lowest BCUT2D eigenvalue weighted by Gasteiger charge is -2.46. The molecule has 2 aliphatic rings. The summed E-state index contributed by atoms with van der Waals surface area (Å²) in [5.41, 5.74) is 0.583. The van der Waals surface area contributed by atoms with Gasteiger partial charge in [-0.15, -0.1) is 0 Å². The zero-order valence-electron chi connectivity index (χ0n) is 29.7. The molecule has 260 valence electrons. The number of aliphatic hydroxyl groups excluding tert-OH is 1. The number of amides is 4. The molecule has 9 atom stereocenters. The van der Waals surface area contributed by atoms with Crippen LogP contribution in [0.5, 0.6) is 0 Å². The molecule has 1 saturated heterocycles. The molecular weight excluding hydrogens is 580 g/mol. The number of hydrogen-bond donors (Lipinski definition) is 3. The molecule has 0 aromatic rings. The molecule has 9 nitrogen and oxygen atoms in total. The third-order valence-corrected chi connectivity index (χ3v) is 11.0. The van der Waals surface area contributed by atoms with Crippen LogP contribution in [0.3, 0.4) is 0 Å². The van der Waals surface area contributed by atoms with Gasteiger partial charge in [-0.25, -0.2) is 0 Å². The third kappa shape index (κ3) is 9.55. The Morgan fingerprint density at radius 2 is 1.70 bits per heavy atom. The minimum Gasteiger partial charge on any atom is -0.386 e.